The summed E-state index contributed by atoms with van der Waals surface area (Å²) in [7, 11) is 0. The summed E-state index contributed by atoms with van der Waals surface area (Å²) in [6, 6.07) is 24.0. The van der Waals surface area contributed by atoms with Crippen molar-refractivity contribution in [2.45, 2.75) is 19.8 Å². The number of nitrogens with one attached hydrogen (secondary N) is 3. The summed E-state index contributed by atoms with van der Waals surface area (Å²) in [6.45, 7) is 2.50. The average Bonchev–Trinajstić information content (AvgIpc) is 2.87. The van der Waals surface area contributed by atoms with Gasteiger partial charge >= 0.3 is 0 Å². The van der Waals surface area contributed by atoms with E-state index >= 15 is 0 Å². The summed E-state index contributed by atoms with van der Waals surface area (Å²) in [5.74, 6) is 0.432. The molecular weight excluding hydrogens is 450 g/mol. The van der Waals surface area contributed by atoms with Crippen molar-refractivity contribution >= 4 is 29.1 Å². The topological polar surface area (TPSA) is 88.7 Å². The van der Waals surface area contributed by atoms with Gasteiger partial charge in [0.1, 0.15) is 11.5 Å². The highest BCUT2D eigenvalue weighted by Gasteiger charge is 2.11. The summed E-state index contributed by atoms with van der Waals surface area (Å²) < 4.78 is 11.3. The van der Waals surface area contributed by atoms with Crippen molar-refractivity contribution in [3.05, 3.63) is 84.4 Å². The van der Waals surface area contributed by atoms with Gasteiger partial charge < -0.3 is 9.47 Å². The number of hydrogen-bond acceptors (Lipinski definition) is 5. The lowest BCUT2D eigenvalue weighted by molar-refractivity contribution is -0.123. The maximum atomic E-state index is 12.3. The first kappa shape index (κ1) is 24.7. The number of carbonyl (C=O) groups excluding carboxylic acids is 2. The van der Waals surface area contributed by atoms with Crippen molar-refractivity contribution in [2.75, 3.05) is 13.2 Å². The van der Waals surface area contributed by atoms with Crippen LogP contribution in [0.15, 0.2) is 78.9 Å². The third-order valence-electron chi connectivity index (χ3n) is 4.76. The molecule has 176 valence electrons. The van der Waals surface area contributed by atoms with Crippen LogP contribution in [0.4, 0.5) is 0 Å². The zero-order valence-electron chi connectivity index (χ0n) is 18.9. The first-order valence-corrected chi connectivity index (χ1v) is 11.4. The Morgan fingerprint density at radius 2 is 1.56 bits per heavy atom. The van der Waals surface area contributed by atoms with E-state index in [4.69, 9.17) is 21.7 Å². The Bertz CT molecular complexity index is 1100. The lowest BCUT2D eigenvalue weighted by Gasteiger charge is -2.13. The smallest absolute Gasteiger partial charge is 0.276 e. The molecule has 0 atom stereocenters. The second-order valence-electron chi connectivity index (χ2n) is 7.33. The van der Waals surface area contributed by atoms with E-state index in [1.807, 2.05) is 48.5 Å². The van der Waals surface area contributed by atoms with Crippen LogP contribution in [0.25, 0.3) is 11.1 Å². The number of carbonyl (C=O) groups is 2. The molecule has 0 fully saturated rings. The molecule has 0 saturated carbocycles. The van der Waals surface area contributed by atoms with E-state index in [9.17, 15) is 9.59 Å². The predicted molar refractivity (Wildman–Crippen MR) is 136 cm³/mol. The molecule has 3 aromatic rings. The van der Waals surface area contributed by atoms with Crippen molar-refractivity contribution in [1.29, 1.82) is 0 Å². The summed E-state index contributed by atoms with van der Waals surface area (Å²) in [5.41, 5.74) is 7.21. The van der Waals surface area contributed by atoms with Crippen LogP contribution < -0.4 is 25.6 Å². The minimum atomic E-state index is -0.451. The molecule has 7 nitrogen and oxygen atoms in total. The summed E-state index contributed by atoms with van der Waals surface area (Å²) in [4.78, 5) is 24.5. The minimum Gasteiger partial charge on any atom is -0.494 e. The van der Waals surface area contributed by atoms with E-state index in [2.05, 4.69) is 23.1 Å². The molecule has 34 heavy (non-hydrogen) atoms. The zero-order chi connectivity index (χ0) is 24.2. The number of ether oxygens (including phenoxy) is 2. The first-order valence-electron chi connectivity index (χ1n) is 11.0. The third-order valence-corrected chi connectivity index (χ3v) is 4.96. The molecule has 0 aliphatic carbocycles. The summed E-state index contributed by atoms with van der Waals surface area (Å²) >= 11 is 5.08. The first-order chi connectivity index (χ1) is 16.6. The van der Waals surface area contributed by atoms with Crippen molar-refractivity contribution in [2.24, 2.45) is 0 Å². The zero-order valence-corrected chi connectivity index (χ0v) is 19.7. The maximum absolute atomic E-state index is 12.3. The highest BCUT2D eigenvalue weighted by molar-refractivity contribution is 7.80. The van der Waals surface area contributed by atoms with Crippen molar-refractivity contribution in [1.82, 2.24) is 16.2 Å². The van der Waals surface area contributed by atoms with Crippen LogP contribution in [-0.2, 0) is 4.79 Å². The predicted octanol–water partition coefficient (Wildman–Crippen LogP) is 4.25. The Morgan fingerprint density at radius 1 is 0.853 bits per heavy atom. The normalized spacial score (nSPS) is 10.1. The highest BCUT2D eigenvalue weighted by Crippen LogP contribution is 2.29. The lowest BCUT2D eigenvalue weighted by Crippen LogP contribution is -2.49. The van der Waals surface area contributed by atoms with Crippen LogP contribution in [0.1, 0.15) is 30.1 Å². The standard InChI is InChI=1S/C26H27N3O4S/c1-2-3-17-32-21-15-13-20(14-16-21)25(31)27-26(34)29-28-24(30)18-33-23-12-8-7-11-22(23)19-9-5-4-6-10-19/h4-16H,2-3,17-18H2,1H3,(H,28,30)(H2,27,29,31,34). The molecule has 3 aromatic carbocycles. The van der Waals surface area contributed by atoms with E-state index < -0.39 is 11.8 Å². The minimum absolute atomic E-state index is 0.0358. The van der Waals surface area contributed by atoms with Gasteiger partial charge in [-0.1, -0.05) is 61.9 Å². The highest BCUT2D eigenvalue weighted by atomic mass is 32.1. The van der Waals surface area contributed by atoms with Gasteiger partial charge in [0.05, 0.1) is 6.61 Å². The molecule has 0 bridgehead atoms. The van der Waals surface area contributed by atoms with Gasteiger partial charge in [0.25, 0.3) is 11.8 Å². The quantitative estimate of drug-likeness (QED) is 0.243. The van der Waals surface area contributed by atoms with Gasteiger partial charge in [-0.05, 0) is 54.5 Å². The van der Waals surface area contributed by atoms with E-state index in [-0.39, 0.29) is 11.7 Å². The van der Waals surface area contributed by atoms with Crippen molar-refractivity contribution in [3.63, 3.8) is 0 Å². The van der Waals surface area contributed by atoms with Gasteiger partial charge in [-0.25, -0.2) is 0 Å². The van der Waals surface area contributed by atoms with Gasteiger partial charge in [0.15, 0.2) is 11.7 Å². The Labute approximate surface area is 204 Å². The molecule has 0 spiro atoms. The van der Waals surface area contributed by atoms with Crippen molar-refractivity contribution < 1.29 is 19.1 Å². The number of unbranched alkanes of at least 4 members (excludes halogenated alkanes) is 1. The van der Waals surface area contributed by atoms with E-state index in [0.29, 0.717) is 23.7 Å². The number of thiocarbonyl (C=S) groups is 1. The van der Waals surface area contributed by atoms with Crippen LogP contribution in [0.5, 0.6) is 11.5 Å². The van der Waals surface area contributed by atoms with Crippen LogP contribution in [0.2, 0.25) is 0 Å². The molecule has 8 heteroatoms. The molecule has 2 amide bonds. The van der Waals surface area contributed by atoms with Gasteiger partial charge in [-0.3, -0.25) is 25.8 Å². The molecule has 3 rings (SSSR count). The van der Waals surface area contributed by atoms with Gasteiger partial charge in [0, 0.05) is 11.1 Å². The maximum Gasteiger partial charge on any atom is 0.276 e. The molecule has 0 aliphatic heterocycles. The van der Waals surface area contributed by atoms with Crippen LogP contribution >= 0.6 is 12.2 Å². The average molecular weight is 478 g/mol. The molecule has 0 unspecified atom stereocenters. The van der Waals surface area contributed by atoms with Gasteiger partial charge in [0.2, 0.25) is 0 Å². The van der Waals surface area contributed by atoms with Crippen LogP contribution in [0.3, 0.4) is 0 Å². The van der Waals surface area contributed by atoms with E-state index in [1.54, 1.807) is 30.3 Å². The second-order valence-corrected chi connectivity index (χ2v) is 7.74. The number of rotatable bonds is 9. The number of hydrazine groups is 1. The fraction of sp³-hybridized carbons (Fsp3) is 0.192. The fourth-order valence-electron chi connectivity index (χ4n) is 3.00. The molecule has 0 aromatic heterocycles. The monoisotopic (exact) mass is 477 g/mol. The molecule has 0 saturated heterocycles. The number of hydrogen-bond donors (Lipinski definition) is 3. The molecule has 3 N–H and O–H groups in total. The SMILES string of the molecule is CCCCOc1ccc(C(=O)NC(=S)NNC(=O)COc2ccccc2-c2ccccc2)cc1. The number of amides is 2. The Morgan fingerprint density at radius 3 is 2.29 bits per heavy atom. The molecule has 0 radical (unpaired) electrons. The number of para-hydroxylation sites is 1. The van der Waals surface area contributed by atoms with Gasteiger partial charge in [-0.15, -0.1) is 0 Å². The van der Waals surface area contributed by atoms with Crippen molar-refractivity contribution in [3.8, 4) is 22.6 Å². The van der Waals surface area contributed by atoms with Crippen LogP contribution in [0, 0.1) is 0 Å². The Balaban J connectivity index is 1.43. The Hall–Kier alpha value is -3.91. The summed E-state index contributed by atoms with van der Waals surface area (Å²) in [5, 5.41) is 2.48. The Kier molecular flexibility index (Phi) is 9.42. The van der Waals surface area contributed by atoms with Crippen LogP contribution in [-0.4, -0.2) is 30.1 Å². The second kappa shape index (κ2) is 13.0. The molecular formula is C26H27N3O4S. The third kappa shape index (κ3) is 7.60. The molecule has 0 aliphatic rings. The lowest BCUT2D eigenvalue weighted by atomic mass is 10.1. The fourth-order valence-corrected chi connectivity index (χ4v) is 3.14. The molecule has 0 heterocycles. The number of benzene rings is 3. The summed E-state index contributed by atoms with van der Waals surface area (Å²) in [6.07, 6.45) is 2.02. The largest absolute Gasteiger partial charge is 0.494 e. The van der Waals surface area contributed by atoms with E-state index in [0.717, 1.165) is 24.0 Å². The van der Waals surface area contributed by atoms with E-state index in [1.165, 1.54) is 0 Å². The van der Waals surface area contributed by atoms with Gasteiger partial charge in [-0.2, -0.15) is 0 Å².